The average molecular weight is 768 g/mol. The minimum Gasteiger partial charge on any atom is -0.445 e. The molecule has 5 unspecified atom stereocenters. The van der Waals surface area contributed by atoms with Crippen LogP contribution in [-0.2, 0) is 49.2 Å². The Morgan fingerprint density at radius 2 is 1.53 bits per heavy atom. The number of benzene rings is 4. The molecule has 3 fully saturated rings. The average Bonchev–Trinajstić information content (AvgIpc) is 3.46. The second kappa shape index (κ2) is 17.0. The first-order valence-corrected chi connectivity index (χ1v) is 19.1. The first-order chi connectivity index (χ1) is 26.6. The van der Waals surface area contributed by atoms with Gasteiger partial charge in [-0.25, -0.2) is 4.79 Å². The van der Waals surface area contributed by atoms with Gasteiger partial charge in [-0.15, -0.1) is 0 Å². The summed E-state index contributed by atoms with van der Waals surface area (Å²) in [5.41, 5.74) is 4.08. The Kier molecular flexibility index (Phi) is 12.0. The van der Waals surface area contributed by atoms with Crippen molar-refractivity contribution in [1.29, 1.82) is 0 Å². The number of rotatable bonds is 11. The van der Waals surface area contributed by atoms with Crippen LogP contribution in [0.1, 0.15) is 72.0 Å². The van der Waals surface area contributed by atoms with Crippen molar-refractivity contribution in [3.63, 3.8) is 0 Å². The SMILES string of the molecule is CC1C(CN2CCC(O)(c3ccc(Cl)cc3)CC2)OC(c2ccc(CN3C(=O)CC(NC(=O)OCc4ccccc4)C3=O)cc2)OC1c1ccc(CO)cc1. The fourth-order valence-electron chi connectivity index (χ4n) is 7.57. The molecule has 3 amide bonds. The first kappa shape index (κ1) is 38.6. The number of piperidine rings is 1. The molecule has 0 aromatic heterocycles. The van der Waals surface area contributed by atoms with Crippen LogP contribution >= 0.6 is 11.6 Å². The molecule has 4 aromatic carbocycles. The van der Waals surface area contributed by atoms with Crippen LogP contribution in [0.25, 0.3) is 0 Å². The van der Waals surface area contributed by atoms with Gasteiger partial charge >= 0.3 is 6.09 Å². The molecule has 12 heteroatoms. The number of carbonyl (C=O) groups is 3. The van der Waals surface area contributed by atoms with E-state index in [2.05, 4.69) is 17.1 Å². The lowest BCUT2D eigenvalue weighted by atomic mass is 9.84. The summed E-state index contributed by atoms with van der Waals surface area (Å²) in [6, 6.07) is 30.8. The number of amides is 3. The van der Waals surface area contributed by atoms with E-state index >= 15 is 0 Å². The number of halogens is 1. The molecule has 3 heterocycles. The van der Waals surface area contributed by atoms with Gasteiger partial charge in [-0.2, -0.15) is 0 Å². The highest BCUT2D eigenvalue weighted by Gasteiger charge is 2.42. The van der Waals surface area contributed by atoms with Gasteiger partial charge in [0.2, 0.25) is 5.91 Å². The number of imide groups is 1. The number of nitrogens with zero attached hydrogens (tertiary/aromatic N) is 2. The number of alkyl carbamates (subject to hydrolysis) is 1. The highest BCUT2D eigenvalue weighted by molar-refractivity contribution is 6.30. The fourth-order valence-corrected chi connectivity index (χ4v) is 7.69. The minimum absolute atomic E-state index is 0.0167. The van der Waals surface area contributed by atoms with Gasteiger partial charge < -0.3 is 34.6 Å². The highest BCUT2D eigenvalue weighted by Crippen LogP contribution is 2.43. The van der Waals surface area contributed by atoms with Gasteiger partial charge in [0.1, 0.15) is 12.6 Å². The predicted octanol–water partition coefficient (Wildman–Crippen LogP) is 6.16. The van der Waals surface area contributed by atoms with Crippen LogP contribution in [-0.4, -0.2) is 69.7 Å². The third-order valence-electron chi connectivity index (χ3n) is 11.0. The number of aliphatic hydroxyl groups excluding tert-OH is 1. The van der Waals surface area contributed by atoms with Crippen molar-refractivity contribution < 1.29 is 38.8 Å². The number of nitrogens with one attached hydrogen (secondary N) is 1. The van der Waals surface area contributed by atoms with Crippen molar-refractivity contribution in [3.8, 4) is 0 Å². The molecule has 3 saturated heterocycles. The minimum atomic E-state index is -0.993. The fraction of sp³-hybridized carbons (Fsp3) is 0.372. The maximum Gasteiger partial charge on any atom is 0.408 e. The van der Waals surface area contributed by atoms with E-state index in [-0.39, 0.29) is 50.2 Å². The van der Waals surface area contributed by atoms with E-state index in [9.17, 15) is 24.6 Å². The largest absolute Gasteiger partial charge is 0.445 e. The summed E-state index contributed by atoms with van der Waals surface area (Å²) in [4.78, 5) is 41.9. The van der Waals surface area contributed by atoms with E-state index in [4.69, 9.17) is 25.8 Å². The molecule has 0 saturated carbocycles. The van der Waals surface area contributed by atoms with Crippen molar-refractivity contribution in [2.75, 3.05) is 19.6 Å². The van der Waals surface area contributed by atoms with Gasteiger partial charge in [-0.3, -0.25) is 14.5 Å². The van der Waals surface area contributed by atoms with Crippen LogP contribution in [0.2, 0.25) is 5.02 Å². The van der Waals surface area contributed by atoms with Crippen molar-refractivity contribution in [1.82, 2.24) is 15.1 Å². The lowest BCUT2D eigenvalue weighted by Gasteiger charge is -2.45. The molecule has 3 aliphatic rings. The molecule has 0 aliphatic carbocycles. The molecule has 7 rings (SSSR count). The Labute approximate surface area is 325 Å². The van der Waals surface area contributed by atoms with Crippen LogP contribution in [0.3, 0.4) is 0 Å². The molecule has 3 aliphatic heterocycles. The summed E-state index contributed by atoms with van der Waals surface area (Å²) < 4.78 is 18.6. The van der Waals surface area contributed by atoms with E-state index < -0.39 is 29.9 Å². The Morgan fingerprint density at radius 1 is 0.873 bits per heavy atom. The summed E-state index contributed by atoms with van der Waals surface area (Å²) in [6.45, 7) is 4.22. The predicted molar refractivity (Wildman–Crippen MR) is 204 cm³/mol. The Bertz CT molecular complexity index is 1940. The van der Waals surface area contributed by atoms with Crippen LogP contribution < -0.4 is 5.32 Å². The summed E-state index contributed by atoms with van der Waals surface area (Å²) >= 11 is 6.10. The lowest BCUT2D eigenvalue weighted by molar-refractivity contribution is -0.277. The van der Waals surface area contributed by atoms with Crippen LogP contribution in [0.15, 0.2) is 103 Å². The Balaban J connectivity index is 1.00. The molecule has 55 heavy (non-hydrogen) atoms. The molecule has 4 aromatic rings. The van der Waals surface area contributed by atoms with Crippen LogP contribution in [0, 0.1) is 5.92 Å². The lowest BCUT2D eigenvalue weighted by Crippen LogP contribution is -2.49. The molecule has 11 nitrogen and oxygen atoms in total. The second-order valence-electron chi connectivity index (χ2n) is 14.7. The molecule has 0 radical (unpaired) electrons. The van der Waals surface area contributed by atoms with Crippen molar-refractivity contribution in [3.05, 3.63) is 142 Å². The second-order valence-corrected chi connectivity index (χ2v) is 15.1. The van der Waals surface area contributed by atoms with E-state index in [1.54, 1.807) is 0 Å². The third kappa shape index (κ3) is 9.10. The maximum absolute atomic E-state index is 13.2. The standard InChI is InChI=1S/C43H46ClN3O8/c1-28-37(25-46-21-19-43(52,20-22-46)34-15-17-35(44)18-16-34)54-41(55-39(28)32-11-9-30(26-48)10-12-32)33-13-7-29(8-14-33)24-47-38(49)23-36(40(47)50)45-42(51)53-27-31-5-3-2-4-6-31/h2-18,28,36-37,39,41,48,52H,19-27H2,1H3,(H,45,51). The number of likely N-dealkylation sites (tertiary alicyclic amines) is 2. The van der Waals surface area contributed by atoms with E-state index in [1.807, 2.05) is 103 Å². The molecule has 0 spiro atoms. The Morgan fingerprint density at radius 3 is 2.20 bits per heavy atom. The zero-order chi connectivity index (χ0) is 38.5. The summed E-state index contributed by atoms with van der Waals surface area (Å²) in [5, 5.41) is 24.3. The molecular formula is C43H46ClN3O8. The van der Waals surface area contributed by atoms with Crippen LogP contribution in [0.5, 0.6) is 0 Å². The van der Waals surface area contributed by atoms with Gasteiger partial charge in [-0.05, 0) is 52.8 Å². The van der Waals surface area contributed by atoms with Crippen molar-refractivity contribution >= 4 is 29.5 Å². The monoisotopic (exact) mass is 767 g/mol. The van der Waals surface area contributed by atoms with Gasteiger partial charge in [0, 0.05) is 36.1 Å². The van der Waals surface area contributed by atoms with Gasteiger partial charge in [-0.1, -0.05) is 110 Å². The van der Waals surface area contributed by atoms with Crippen molar-refractivity contribution in [2.45, 2.75) is 76.1 Å². The van der Waals surface area contributed by atoms with Crippen molar-refractivity contribution in [2.24, 2.45) is 5.92 Å². The van der Waals surface area contributed by atoms with Gasteiger partial charge in [0.25, 0.3) is 5.91 Å². The number of hydrogen-bond acceptors (Lipinski definition) is 9. The topological polar surface area (TPSA) is 138 Å². The van der Waals surface area contributed by atoms with E-state index in [0.717, 1.165) is 38.3 Å². The van der Waals surface area contributed by atoms with Gasteiger partial charge in [0.05, 0.1) is 37.4 Å². The number of hydrogen-bond donors (Lipinski definition) is 3. The number of carbonyl (C=O) groups excluding carboxylic acids is 3. The highest BCUT2D eigenvalue weighted by atomic mass is 35.5. The van der Waals surface area contributed by atoms with Crippen LogP contribution in [0.4, 0.5) is 4.79 Å². The number of ether oxygens (including phenoxy) is 3. The molecule has 5 atom stereocenters. The third-order valence-corrected chi connectivity index (χ3v) is 11.2. The zero-order valence-electron chi connectivity index (χ0n) is 30.7. The quantitative estimate of drug-likeness (QED) is 0.153. The maximum atomic E-state index is 13.2. The number of aliphatic hydroxyl groups is 2. The molecule has 3 N–H and O–H groups in total. The summed E-state index contributed by atoms with van der Waals surface area (Å²) in [5.74, 6) is -0.879. The Hall–Kier alpha value is -4.62. The molecular weight excluding hydrogens is 722 g/mol. The van der Waals surface area contributed by atoms with Gasteiger partial charge in [0.15, 0.2) is 6.29 Å². The smallest absolute Gasteiger partial charge is 0.408 e. The first-order valence-electron chi connectivity index (χ1n) is 18.7. The summed E-state index contributed by atoms with van der Waals surface area (Å²) in [6.07, 6.45) is -0.927. The molecule has 288 valence electrons. The normalized spacial score (nSPS) is 24.1. The zero-order valence-corrected chi connectivity index (χ0v) is 31.4. The van der Waals surface area contributed by atoms with E-state index in [0.29, 0.717) is 37.5 Å². The molecule has 0 bridgehead atoms. The van der Waals surface area contributed by atoms with E-state index in [1.165, 1.54) is 0 Å². The summed E-state index contributed by atoms with van der Waals surface area (Å²) in [7, 11) is 0.